The molecule has 1 aliphatic heterocycles. The molecule has 1 aromatic carbocycles. The molecular formula is C18H18N2O3S. The minimum absolute atomic E-state index is 0.0645. The highest BCUT2D eigenvalue weighted by atomic mass is 32.2. The van der Waals surface area contributed by atoms with Crippen LogP contribution >= 0.6 is 0 Å². The van der Waals surface area contributed by atoms with E-state index < -0.39 is 9.84 Å². The quantitative estimate of drug-likeness (QED) is 0.783. The van der Waals surface area contributed by atoms with E-state index in [-0.39, 0.29) is 22.3 Å². The Labute approximate surface area is 141 Å². The molecule has 0 aliphatic carbocycles. The maximum Gasteiger partial charge on any atom is 0.209 e. The lowest BCUT2D eigenvalue weighted by molar-refractivity contribution is 0.103. The lowest BCUT2D eigenvalue weighted by Crippen LogP contribution is -2.11. The fourth-order valence-corrected chi connectivity index (χ4v) is 4.50. The zero-order valence-corrected chi connectivity index (χ0v) is 14.2. The first-order chi connectivity index (χ1) is 11.5. The number of fused-ring (bicyclic) bond motifs is 1. The highest BCUT2D eigenvalue weighted by Crippen LogP contribution is 2.30. The number of hydrogen-bond donors (Lipinski definition) is 0. The molecule has 124 valence electrons. The summed E-state index contributed by atoms with van der Waals surface area (Å²) in [6.07, 6.45) is 1.24. The largest absolute Gasteiger partial charge is 0.341 e. The van der Waals surface area contributed by atoms with Crippen LogP contribution in [0.5, 0.6) is 0 Å². The Hall–Kier alpha value is -2.39. The number of nitrogens with zero attached hydrogens (tertiary/aromatic N) is 2. The Bertz CT molecular complexity index is 935. The second kappa shape index (κ2) is 6.25. The van der Waals surface area contributed by atoms with E-state index in [1.54, 1.807) is 18.2 Å². The van der Waals surface area contributed by atoms with Gasteiger partial charge in [0, 0.05) is 17.8 Å². The Morgan fingerprint density at radius 2 is 2.12 bits per heavy atom. The van der Waals surface area contributed by atoms with E-state index >= 15 is 0 Å². The fourth-order valence-electron chi connectivity index (χ4n) is 3.14. The lowest BCUT2D eigenvalue weighted by Gasteiger charge is -2.08. The highest BCUT2D eigenvalue weighted by Gasteiger charge is 2.27. The summed E-state index contributed by atoms with van der Waals surface area (Å²) in [6.45, 7) is 2.44. The van der Waals surface area contributed by atoms with Gasteiger partial charge in [0.2, 0.25) is 5.78 Å². The average molecular weight is 342 g/mol. The molecule has 24 heavy (non-hydrogen) atoms. The minimum atomic E-state index is -3.36. The van der Waals surface area contributed by atoms with Gasteiger partial charge in [0.1, 0.15) is 0 Å². The van der Waals surface area contributed by atoms with Gasteiger partial charge in [0.15, 0.2) is 9.84 Å². The first-order valence-electron chi connectivity index (χ1n) is 7.94. The third-order valence-corrected chi connectivity index (χ3v) is 6.25. The molecule has 2 heterocycles. The van der Waals surface area contributed by atoms with Crippen LogP contribution in [0, 0.1) is 11.3 Å². The highest BCUT2D eigenvalue weighted by molar-refractivity contribution is 7.91. The van der Waals surface area contributed by atoms with Gasteiger partial charge in [-0.2, -0.15) is 5.26 Å². The van der Waals surface area contributed by atoms with Gasteiger partial charge in [-0.25, -0.2) is 8.42 Å². The standard InChI is InChI=1S/C18H18N2O3S/c1-2-10-24(22,23)15-5-3-4-13(11-15)18(21)17-7-6-16-14(12-19)8-9-20(16)17/h3-7,11,14H,2,8-10H2,1H3. The molecule has 0 fully saturated rings. The number of rotatable bonds is 5. The van der Waals surface area contributed by atoms with Gasteiger partial charge in [-0.1, -0.05) is 19.1 Å². The number of aromatic nitrogens is 1. The number of hydrogen-bond acceptors (Lipinski definition) is 4. The monoisotopic (exact) mass is 342 g/mol. The summed E-state index contributed by atoms with van der Waals surface area (Å²) in [6, 6.07) is 12.0. The first kappa shape index (κ1) is 16.5. The van der Waals surface area contributed by atoms with Crippen molar-refractivity contribution in [3.63, 3.8) is 0 Å². The van der Waals surface area contributed by atoms with Crippen LogP contribution < -0.4 is 0 Å². The van der Waals surface area contributed by atoms with E-state index in [2.05, 4.69) is 6.07 Å². The van der Waals surface area contributed by atoms with E-state index in [4.69, 9.17) is 5.26 Å². The molecule has 2 aromatic rings. The lowest BCUT2D eigenvalue weighted by atomic mass is 10.1. The molecule has 5 nitrogen and oxygen atoms in total. The summed E-state index contributed by atoms with van der Waals surface area (Å²) in [4.78, 5) is 13.0. The predicted octanol–water partition coefficient (Wildman–Crippen LogP) is 2.91. The van der Waals surface area contributed by atoms with Crippen molar-refractivity contribution >= 4 is 15.6 Å². The van der Waals surface area contributed by atoms with Gasteiger partial charge in [-0.05, 0) is 37.1 Å². The number of nitriles is 1. The smallest absolute Gasteiger partial charge is 0.209 e. The van der Waals surface area contributed by atoms with E-state index in [1.807, 2.05) is 17.6 Å². The Morgan fingerprint density at radius 3 is 2.83 bits per heavy atom. The minimum Gasteiger partial charge on any atom is -0.341 e. The molecule has 0 radical (unpaired) electrons. The average Bonchev–Trinajstić information content (AvgIpc) is 3.15. The van der Waals surface area contributed by atoms with Crippen LogP contribution in [0.25, 0.3) is 0 Å². The Balaban J connectivity index is 1.97. The van der Waals surface area contributed by atoms with E-state index in [9.17, 15) is 13.2 Å². The zero-order valence-electron chi connectivity index (χ0n) is 13.4. The third kappa shape index (κ3) is 2.76. The summed E-state index contributed by atoms with van der Waals surface area (Å²) in [5.41, 5.74) is 1.72. The molecule has 1 unspecified atom stereocenters. The van der Waals surface area contributed by atoms with Crippen molar-refractivity contribution < 1.29 is 13.2 Å². The normalized spacial score (nSPS) is 16.6. The topological polar surface area (TPSA) is 79.9 Å². The number of sulfone groups is 1. The summed E-state index contributed by atoms with van der Waals surface area (Å²) in [7, 11) is -3.36. The molecule has 3 rings (SSSR count). The summed E-state index contributed by atoms with van der Waals surface area (Å²) < 4.78 is 26.3. The van der Waals surface area contributed by atoms with Gasteiger partial charge >= 0.3 is 0 Å². The van der Waals surface area contributed by atoms with Crippen molar-refractivity contribution in [2.45, 2.75) is 37.1 Å². The molecular weight excluding hydrogens is 324 g/mol. The summed E-state index contributed by atoms with van der Waals surface area (Å²) in [5.74, 6) is -0.328. The van der Waals surface area contributed by atoms with E-state index in [0.717, 1.165) is 5.69 Å². The van der Waals surface area contributed by atoms with Gasteiger partial charge in [0.25, 0.3) is 0 Å². The van der Waals surface area contributed by atoms with E-state index in [0.29, 0.717) is 30.6 Å². The molecule has 0 amide bonds. The SMILES string of the molecule is CCCS(=O)(=O)c1cccc(C(=O)c2ccc3n2CCC3C#N)c1. The Morgan fingerprint density at radius 1 is 1.33 bits per heavy atom. The van der Waals surface area contributed by atoms with Crippen molar-refractivity contribution in [2.24, 2.45) is 0 Å². The number of ketones is 1. The van der Waals surface area contributed by atoms with E-state index in [1.165, 1.54) is 12.1 Å². The molecule has 0 saturated carbocycles. The molecule has 6 heteroatoms. The van der Waals surface area contributed by atoms with Crippen LogP contribution in [-0.2, 0) is 16.4 Å². The third-order valence-electron chi connectivity index (χ3n) is 4.33. The number of carbonyl (C=O) groups is 1. The second-order valence-corrected chi connectivity index (χ2v) is 8.05. The molecule has 0 spiro atoms. The van der Waals surface area contributed by atoms with Crippen molar-refractivity contribution in [1.29, 1.82) is 5.26 Å². The number of benzene rings is 1. The van der Waals surface area contributed by atoms with Crippen LogP contribution in [0.4, 0.5) is 0 Å². The van der Waals surface area contributed by atoms with Gasteiger partial charge in [-0.3, -0.25) is 4.79 Å². The van der Waals surface area contributed by atoms with Crippen LogP contribution in [0.15, 0.2) is 41.3 Å². The van der Waals surface area contributed by atoms with Gasteiger partial charge in [0.05, 0.1) is 28.3 Å². The molecule has 0 bridgehead atoms. The molecule has 1 aliphatic rings. The molecule has 0 N–H and O–H groups in total. The first-order valence-corrected chi connectivity index (χ1v) is 9.59. The zero-order chi connectivity index (χ0) is 17.3. The second-order valence-electron chi connectivity index (χ2n) is 5.94. The van der Waals surface area contributed by atoms with Crippen molar-refractivity contribution in [2.75, 3.05) is 5.75 Å². The van der Waals surface area contributed by atoms with Crippen LogP contribution in [0.2, 0.25) is 0 Å². The molecule has 1 atom stereocenters. The van der Waals surface area contributed by atoms with Crippen LogP contribution in [0.1, 0.15) is 47.4 Å². The molecule has 0 saturated heterocycles. The van der Waals surface area contributed by atoms with Gasteiger partial charge in [-0.15, -0.1) is 0 Å². The molecule has 1 aromatic heterocycles. The van der Waals surface area contributed by atoms with Crippen molar-refractivity contribution in [3.8, 4) is 6.07 Å². The summed E-state index contributed by atoms with van der Waals surface area (Å²) in [5, 5.41) is 9.14. The van der Waals surface area contributed by atoms with Gasteiger partial charge < -0.3 is 4.57 Å². The maximum absolute atomic E-state index is 12.8. The Kier molecular flexibility index (Phi) is 4.29. The number of carbonyl (C=O) groups excluding carboxylic acids is 1. The fraction of sp³-hybridized carbons (Fsp3) is 0.333. The van der Waals surface area contributed by atoms with Crippen LogP contribution in [0.3, 0.4) is 0 Å². The van der Waals surface area contributed by atoms with Crippen molar-refractivity contribution in [1.82, 2.24) is 4.57 Å². The maximum atomic E-state index is 12.8. The van der Waals surface area contributed by atoms with Crippen molar-refractivity contribution in [3.05, 3.63) is 53.3 Å². The predicted molar refractivity (Wildman–Crippen MR) is 89.6 cm³/mol. The summed E-state index contributed by atoms with van der Waals surface area (Å²) >= 11 is 0. The van der Waals surface area contributed by atoms with Crippen LogP contribution in [-0.4, -0.2) is 24.5 Å².